The SMILES string of the molecule is CC(=O)N1CCN(Cc2ccc(B(O)O)cc2)CC1. The molecule has 0 aliphatic carbocycles. The number of carbonyl (C=O) groups excluding carboxylic acids is 1. The first-order valence-corrected chi connectivity index (χ1v) is 6.49. The molecule has 1 amide bonds. The molecule has 0 aromatic heterocycles. The van der Waals surface area contributed by atoms with Crippen LogP contribution in [0.4, 0.5) is 0 Å². The summed E-state index contributed by atoms with van der Waals surface area (Å²) in [6.07, 6.45) is 0. The molecule has 0 radical (unpaired) electrons. The van der Waals surface area contributed by atoms with Crippen LogP contribution in [-0.4, -0.2) is 59.1 Å². The number of carbonyl (C=O) groups is 1. The zero-order chi connectivity index (χ0) is 13.8. The molecule has 1 aliphatic rings. The van der Waals surface area contributed by atoms with Gasteiger partial charge in [-0.05, 0) is 11.0 Å². The maximum atomic E-state index is 11.2. The first-order chi connectivity index (χ1) is 9.06. The molecule has 19 heavy (non-hydrogen) atoms. The highest BCUT2D eigenvalue weighted by molar-refractivity contribution is 6.58. The Labute approximate surface area is 113 Å². The molecule has 102 valence electrons. The number of hydrogen-bond acceptors (Lipinski definition) is 4. The molecule has 0 spiro atoms. The third-order valence-electron chi connectivity index (χ3n) is 3.50. The molecular weight excluding hydrogens is 243 g/mol. The van der Waals surface area contributed by atoms with Gasteiger partial charge in [-0.25, -0.2) is 0 Å². The van der Waals surface area contributed by atoms with Crippen molar-refractivity contribution in [2.24, 2.45) is 0 Å². The maximum absolute atomic E-state index is 11.2. The van der Waals surface area contributed by atoms with E-state index in [0.29, 0.717) is 5.46 Å². The Hall–Kier alpha value is -1.37. The minimum Gasteiger partial charge on any atom is -0.423 e. The molecule has 5 nitrogen and oxygen atoms in total. The van der Waals surface area contributed by atoms with E-state index in [-0.39, 0.29) is 5.91 Å². The Morgan fingerprint density at radius 2 is 1.74 bits per heavy atom. The van der Waals surface area contributed by atoms with Gasteiger partial charge in [0.05, 0.1) is 0 Å². The molecule has 0 bridgehead atoms. The molecule has 6 heteroatoms. The predicted molar refractivity (Wildman–Crippen MR) is 73.8 cm³/mol. The van der Waals surface area contributed by atoms with Crippen LogP contribution in [0.5, 0.6) is 0 Å². The molecule has 0 atom stereocenters. The number of amides is 1. The molecule has 0 saturated carbocycles. The van der Waals surface area contributed by atoms with Gasteiger partial charge < -0.3 is 14.9 Å². The Bertz CT molecular complexity index is 428. The third kappa shape index (κ3) is 3.80. The number of piperazine rings is 1. The number of hydrogen-bond donors (Lipinski definition) is 2. The van der Waals surface area contributed by atoms with E-state index in [1.54, 1.807) is 19.1 Å². The van der Waals surface area contributed by atoms with E-state index < -0.39 is 7.12 Å². The highest BCUT2D eigenvalue weighted by atomic mass is 16.4. The van der Waals surface area contributed by atoms with Gasteiger partial charge in [0.15, 0.2) is 0 Å². The summed E-state index contributed by atoms with van der Waals surface area (Å²) in [5.41, 5.74) is 1.64. The summed E-state index contributed by atoms with van der Waals surface area (Å²) in [5, 5.41) is 18.0. The average molecular weight is 262 g/mol. The molecular formula is C13H19BN2O3. The van der Waals surface area contributed by atoms with Crippen molar-refractivity contribution in [3.63, 3.8) is 0 Å². The largest absolute Gasteiger partial charge is 0.488 e. The lowest BCUT2D eigenvalue weighted by Gasteiger charge is -2.34. The molecule has 2 N–H and O–H groups in total. The fourth-order valence-electron chi connectivity index (χ4n) is 2.27. The van der Waals surface area contributed by atoms with E-state index in [2.05, 4.69) is 4.90 Å². The Balaban J connectivity index is 1.87. The van der Waals surface area contributed by atoms with Crippen molar-refractivity contribution in [2.75, 3.05) is 26.2 Å². The second-order valence-electron chi connectivity index (χ2n) is 4.90. The first kappa shape index (κ1) is 14.1. The van der Waals surface area contributed by atoms with E-state index in [1.165, 1.54) is 0 Å². The van der Waals surface area contributed by atoms with Crippen LogP contribution in [0.3, 0.4) is 0 Å². The molecule has 2 rings (SSSR count). The Kier molecular flexibility index (Phi) is 4.58. The van der Waals surface area contributed by atoms with Crippen molar-refractivity contribution in [3.05, 3.63) is 29.8 Å². The van der Waals surface area contributed by atoms with Crippen LogP contribution in [0.1, 0.15) is 12.5 Å². The van der Waals surface area contributed by atoms with Crippen molar-refractivity contribution >= 4 is 18.5 Å². The van der Waals surface area contributed by atoms with E-state index >= 15 is 0 Å². The summed E-state index contributed by atoms with van der Waals surface area (Å²) in [4.78, 5) is 15.4. The fraction of sp³-hybridized carbons (Fsp3) is 0.462. The van der Waals surface area contributed by atoms with Crippen molar-refractivity contribution in [1.82, 2.24) is 9.80 Å². The van der Waals surface area contributed by atoms with Crippen molar-refractivity contribution < 1.29 is 14.8 Å². The highest BCUT2D eigenvalue weighted by Gasteiger charge is 2.18. The van der Waals surface area contributed by atoms with Gasteiger partial charge in [0.1, 0.15) is 0 Å². The van der Waals surface area contributed by atoms with E-state index in [9.17, 15) is 4.79 Å². The Morgan fingerprint density at radius 3 is 2.21 bits per heavy atom. The van der Waals surface area contributed by atoms with Gasteiger partial charge in [-0.1, -0.05) is 24.3 Å². The summed E-state index contributed by atoms with van der Waals surface area (Å²) >= 11 is 0. The first-order valence-electron chi connectivity index (χ1n) is 6.49. The van der Waals surface area contributed by atoms with Crippen LogP contribution >= 0.6 is 0 Å². The molecule has 1 saturated heterocycles. The standard InChI is InChI=1S/C13H19BN2O3/c1-11(17)16-8-6-15(7-9-16)10-12-2-4-13(5-3-12)14(18)19/h2-5,18-19H,6-10H2,1H3. The summed E-state index contributed by atoms with van der Waals surface area (Å²) < 4.78 is 0. The van der Waals surface area contributed by atoms with Crippen LogP contribution in [0.25, 0.3) is 0 Å². The monoisotopic (exact) mass is 262 g/mol. The van der Waals surface area contributed by atoms with Crippen molar-refractivity contribution in [2.45, 2.75) is 13.5 Å². The van der Waals surface area contributed by atoms with E-state index in [1.807, 2.05) is 17.0 Å². The van der Waals surface area contributed by atoms with Crippen LogP contribution in [-0.2, 0) is 11.3 Å². The molecule has 1 aliphatic heterocycles. The van der Waals surface area contributed by atoms with Crippen LogP contribution in [0.2, 0.25) is 0 Å². The van der Waals surface area contributed by atoms with Gasteiger partial charge in [-0.2, -0.15) is 0 Å². The lowest BCUT2D eigenvalue weighted by molar-refractivity contribution is -0.130. The van der Waals surface area contributed by atoms with Gasteiger partial charge in [0.25, 0.3) is 0 Å². The second kappa shape index (κ2) is 6.19. The van der Waals surface area contributed by atoms with Crippen LogP contribution in [0.15, 0.2) is 24.3 Å². The highest BCUT2D eigenvalue weighted by Crippen LogP contribution is 2.08. The molecule has 1 aromatic carbocycles. The zero-order valence-corrected chi connectivity index (χ0v) is 11.1. The van der Waals surface area contributed by atoms with Crippen molar-refractivity contribution in [1.29, 1.82) is 0 Å². The summed E-state index contributed by atoms with van der Waals surface area (Å²) in [5.74, 6) is 0.140. The van der Waals surface area contributed by atoms with Crippen molar-refractivity contribution in [3.8, 4) is 0 Å². The molecule has 1 heterocycles. The van der Waals surface area contributed by atoms with Crippen LogP contribution in [0, 0.1) is 0 Å². The lowest BCUT2D eigenvalue weighted by Crippen LogP contribution is -2.47. The summed E-state index contributed by atoms with van der Waals surface area (Å²) in [6, 6.07) is 7.27. The summed E-state index contributed by atoms with van der Waals surface area (Å²) in [7, 11) is -1.41. The topological polar surface area (TPSA) is 64.0 Å². The van der Waals surface area contributed by atoms with E-state index in [0.717, 1.165) is 38.3 Å². The number of nitrogens with zero attached hydrogens (tertiary/aromatic N) is 2. The summed E-state index contributed by atoms with van der Waals surface area (Å²) in [6.45, 7) is 5.75. The number of rotatable bonds is 3. The normalized spacial score (nSPS) is 16.5. The smallest absolute Gasteiger partial charge is 0.423 e. The average Bonchev–Trinajstić information content (AvgIpc) is 2.40. The quantitative estimate of drug-likeness (QED) is 0.688. The van der Waals surface area contributed by atoms with Gasteiger partial charge in [0, 0.05) is 39.6 Å². The number of benzene rings is 1. The molecule has 1 aromatic rings. The van der Waals surface area contributed by atoms with Gasteiger partial charge in [-0.15, -0.1) is 0 Å². The molecule has 1 fully saturated rings. The predicted octanol–water partition coefficient (Wildman–Crippen LogP) is -0.969. The zero-order valence-electron chi connectivity index (χ0n) is 11.1. The minimum atomic E-state index is -1.41. The van der Waals surface area contributed by atoms with Gasteiger partial charge in [0.2, 0.25) is 5.91 Å². The van der Waals surface area contributed by atoms with Gasteiger partial charge >= 0.3 is 7.12 Å². The minimum absolute atomic E-state index is 0.140. The third-order valence-corrected chi connectivity index (χ3v) is 3.50. The van der Waals surface area contributed by atoms with Gasteiger partial charge in [-0.3, -0.25) is 9.69 Å². The fourth-order valence-corrected chi connectivity index (χ4v) is 2.27. The second-order valence-corrected chi connectivity index (χ2v) is 4.90. The maximum Gasteiger partial charge on any atom is 0.488 e. The van der Waals surface area contributed by atoms with E-state index in [4.69, 9.17) is 10.0 Å². The molecule has 0 unspecified atom stereocenters. The Morgan fingerprint density at radius 1 is 1.16 bits per heavy atom. The lowest BCUT2D eigenvalue weighted by atomic mass is 9.80. The van der Waals surface area contributed by atoms with Crippen LogP contribution < -0.4 is 5.46 Å².